The van der Waals surface area contributed by atoms with E-state index in [9.17, 15) is 39.9 Å². The van der Waals surface area contributed by atoms with Crippen LogP contribution in [0.5, 0.6) is 17.2 Å². The molecule has 1 fully saturated rings. The van der Waals surface area contributed by atoms with Crippen molar-refractivity contribution in [3.63, 3.8) is 0 Å². The van der Waals surface area contributed by atoms with Crippen molar-refractivity contribution >= 4 is 17.3 Å². The number of ketones is 3. The normalized spacial score (nSPS) is 32.8. The van der Waals surface area contributed by atoms with E-state index in [1.54, 1.807) is 0 Å². The maximum Gasteiger partial charge on any atom is 0.201 e. The Morgan fingerprint density at radius 3 is 2.15 bits per heavy atom. The molecule has 0 spiro atoms. The fourth-order valence-corrected chi connectivity index (χ4v) is 5.82. The number of hydrogen-bond donors (Lipinski definition) is 5. The van der Waals surface area contributed by atoms with Crippen molar-refractivity contribution in [1.29, 1.82) is 0 Å². The zero-order chi connectivity index (χ0) is 30.1. The SMILES string of the molecule is COc1cc(O)c2c(c1)C(=O)c1cc3c(c(O)c1C2=O)[C@@H](O[C@@H]1O[C@@H](C)[C@H](O)[C@H](O)[C@@H]1OC)[C@@H](OC)[C@](C)(O)C3=O. The highest BCUT2D eigenvalue weighted by Gasteiger charge is 2.56. The molecule has 0 unspecified atom stereocenters. The molecule has 2 aliphatic carbocycles. The number of benzene rings is 2. The Morgan fingerprint density at radius 1 is 0.878 bits per heavy atom. The summed E-state index contributed by atoms with van der Waals surface area (Å²) in [4.78, 5) is 40.7. The van der Waals surface area contributed by atoms with Crippen molar-refractivity contribution in [3.8, 4) is 17.2 Å². The van der Waals surface area contributed by atoms with Crippen LogP contribution >= 0.6 is 0 Å². The van der Waals surface area contributed by atoms with Crippen molar-refractivity contribution in [2.24, 2.45) is 0 Å². The summed E-state index contributed by atoms with van der Waals surface area (Å²) in [6.07, 6.45) is -9.35. The molecule has 0 amide bonds. The first-order chi connectivity index (χ1) is 19.3. The van der Waals surface area contributed by atoms with Gasteiger partial charge in [0.05, 0.1) is 24.3 Å². The number of Topliss-reactive ketones (excluding diaryl/α,β-unsaturated/α-hetero) is 1. The molecule has 5 N–H and O–H groups in total. The Bertz CT molecular complexity index is 1450. The van der Waals surface area contributed by atoms with Gasteiger partial charge in [0.25, 0.3) is 0 Å². The van der Waals surface area contributed by atoms with E-state index in [0.717, 1.165) is 12.1 Å². The van der Waals surface area contributed by atoms with Gasteiger partial charge in [-0.15, -0.1) is 0 Å². The van der Waals surface area contributed by atoms with Crippen LogP contribution < -0.4 is 4.74 Å². The van der Waals surface area contributed by atoms with Crippen LogP contribution in [0.3, 0.4) is 0 Å². The van der Waals surface area contributed by atoms with E-state index in [0.29, 0.717) is 0 Å². The van der Waals surface area contributed by atoms with Crippen LogP contribution in [0.2, 0.25) is 0 Å². The predicted molar refractivity (Wildman–Crippen MR) is 136 cm³/mol. The van der Waals surface area contributed by atoms with Crippen LogP contribution in [-0.2, 0) is 18.9 Å². The van der Waals surface area contributed by atoms with Gasteiger partial charge in [0, 0.05) is 42.5 Å². The fourth-order valence-electron chi connectivity index (χ4n) is 5.82. The summed E-state index contributed by atoms with van der Waals surface area (Å²) in [6.45, 7) is 2.65. The molecule has 5 rings (SSSR count). The largest absolute Gasteiger partial charge is 0.507 e. The number of phenolic OH excluding ortho intramolecular Hbond substituents is 2. The molecule has 0 radical (unpaired) electrons. The lowest BCUT2D eigenvalue weighted by atomic mass is 9.72. The van der Waals surface area contributed by atoms with Crippen molar-refractivity contribution in [3.05, 3.63) is 51.6 Å². The summed E-state index contributed by atoms with van der Waals surface area (Å²) in [5.41, 5.74) is -4.24. The minimum Gasteiger partial charge on any atom is -0.507 e. The minimum absolute atomic E-state index is 0.102. The van der Waals surface area contributed by atoms with Gasteiger partial charge in [-0.2, -0.15) is 0 Å². The number of methoxy groups -OCH3 is 3. The Morgan fingerprint density at radius 2 is 1.54 bits per heavy atom. The van der Waals surface area contributed by atoms with E-state index >= 15 is 0 Å². The summed E-state index contributed by atoms with van der Waals surface area (Å²) < 4.78 is 27.7. The van der Waals surface area contributed by atoms with E-state index in [2.05, 4.69) is 0 Å². The quantitative estimate of drug-likeness (QED) is 0.281. The van der Waals surface area contributed by atoms with E-state index in [-0.39, 0.29) is 33.6 Å². The smallest absolute Gasteiger partial charge is 0.201 e. The molecule has 0 saturated carbocycles. The zero-order valence-electron chi connectivity index (χ0n) is 22.8. The molecular formula is C28H30O13. The number of ether oxygens (including phenoxy) is 5. The maximum absolute atomic E-state index is 13.6. The molecule has 3 aliphatic rings. The van der Waals surface area contributed by atoms with Gasteiger partial charge < -0.3 is 49.2 Å². The highest BCUT2D eigenvalue weighted by molar-refractivity contribution is 6.31. The first-order valence-electron chi connectivity index (χ1n) is 12.7. The third kappa shape index (κ3) is 4.15. The van der Waals surface area contributed by atoms with Crippen LogP contribution in [0.1, 0.15) is 67.7 Å². The lowest BCUT2D eigenvalue weighted by molar-refractivity contribution is -0.321. The number of rotatable bonds is 5. The van der Waals surface area contributed by atoms with Gasteiger partial charge in [0.15, 0.2) is 23.5 Å². The molecule has 1 heterocycles. The molecule has 220 valence electrons. The van der Waals surface area contributed by atoms with Gasteiger partial charge in [0.2, 0.25) is 5.78 Å². The molecule has 8 atom stereocenters. The summed E-state index contributed by atoms with van der Waals surface area (Å²) >= 11 is 0. The third-order valence-electron chi connectivity index (χ3n) is 8.02. The Hall–Kier alpha value is -3.43. The van der Waals surface area contributed by atoms with Gasteiger partial charge in [0.1, 0.15) is 47.8 Å². The van der Waals surface area contributed by atoms with E-state index in [4.69, 9.17) is 23.7 Å². The summed E-state index contributed by atoms with van der Waals surface area (Å²) in [5, 5.41) is 54.2. The van der Waals surface area contributed by atoms with Crippen LogP contribution in [0.25, 0.3) is 0 Å². The Balaban J connectivity index is 1.71. The van der Waals surface area contributed by atoms with Crippen LogP contribution in [0.15, 0.2) is 18.2 Å². The summed E-state index contributed by atoms with van der Waals surface area (Å²) in [5.74, 6) is -3.85. The average molecular weight is 575 g/mol. The number of aromatic hydroxyl groups is 2. The Labute approximate surface area is 233 Å². The zero-order valence-corrected chi connectivity index (χ0v) is 22.8. The average Bonchev–Trinajstić information content (AvgIpc) is 2.92. The monoisotopic (exact) mass is 574 g/mol. The Kier molecular flexibility index (Phi) is 7.19. The molecule has 0 bridgehead atoms. The molecular weight excluding hydrogens is 544 g/mol. The second-order valence-corrected chi connectivity index (χ2v) is 10.4. The number of aliphatic hydroxyl groups is 3. The van der Waals surface area contributed by atoms with Gasteiger partial charge in [-0.3, -0.25) is 14.4 Å². The minimum atomic E-state index is -2.25. The molecule has 1 saturated heterocycles. The predicted octanol–water partition coefficient (Wildman–Crippen LogP) is 0.383. The van der Waals surface area contributed by atoms with Gasteiger partial charge in [-0.05, 0) is 26.0 Å². The van der Waals surface area contributed by atoms with E-state index in [1.807, 2.05) is 0 Å². The molecule has 13 heteroatoms. The molecule has 0 aromatic heterocycles. The summed E-state index contributed by atoms with van der Waals surface area (Å²) in [6, 6.07) is 3.48. The number of fused-ring (bicyclic) bond motifs is 3. The van der Waals surface area contributed by atoms with Crippen LogP contribution in [0, 0.1) is 0 Å². The van der Waals surface area contributed by atoms with Crippen molar-refractivity contribution < 1.29 is 63.6 Å². The first kappa shape index (κ1) is 29.1. The van der Waals surface area contributed by atoms with E-state index in [1.165, 1.54) is 41.2 Å². The van der Waals surface area contributed by atoms with Crippen LogP contribution in [0.4, 0.5) is 0 Å². The topological polar surface area (TPSA) is 199 Å². The van der Waals surface area contributed by atoms with Crippen LogP contribution in [-0.4, -0.2) is 107 Å². The molecule has 13 nitrogen and oxygen atoms in total. The number of carbonyl (C=O) groups is 3. The van der Waals surface area contributed by atoms with Gasteiger partial charge >= 0.3 is 0 Å². The third-order valence-corrected chi connectivity index (χ3v) is 8.02. The number of hydrogen-bond acceptors (Lipinski definition) is 13. The molecule has 2 aromatic rings. The number of phenols is 2. The van der Waals surface area contributed by atoms with E-state index < -0.39 is 82.9 Å². The van der Waals surface area contributed by atoms with Crippen molar-refractivity contribution in [2.45, 2.75) is 62.4 Å². The van der Waals surface area contributed by atoms with Gasteiger partial charge in [-0.1, -0.05) is 0 Å². The summed E-state index contributed by atoms with van der Waals surface area (Å²) in [7, 11) is 3.75. The number of aliphatic hydroxyl groups excluding tert-OH is 2. The lowest BCUT2D eigenvalue weighted by Gasteiger charge is -2.46. The fraction of sp³-hybridized carbons (Fsp3) is 0.464. The second-order valence-electron chi connectivity index (χ2n) is 10.4. The highest BCUT2D eigenvalue weighted by atomic mass is 16.7. The first-order valence-corrected chi connectivity index (χ1v) is 12.7. The van der Waals surface area contributed by atoms with Gasteiger partial charge in [-0.25, -0.2) is 0 Å². The van der Waals surface area contributed by atoms with Crippen molar-refractivity contribution in [2.75, 3.05) is 21.3 Å². The van der Waals surface area contributed by atoms with Crippen molar-refractivity contribution in [1.82, 2.24) is 0 Å². The molecule has 2 aromatic carbocycles. The number of carbonyl (C=O) groups excluding carboxylic acids is 3. The lowest BCUT2D eigenvalue weighted by Crippen LogP contribution is -2.60. The highest BCUT2D eigenvalue weighted by Crippen LogP contribution is 2.49. The second kappa shape index (κ2) is 10.1. The maximum atomic E-state index is 13.6. The molecule has 41 heavy (non-hydrogen) atoms. The standard InChI is InChI=1S/C28H30O13/c1-9-18(30)22(34)24(38-4)27(40-9)41-23-17-13(25(35)28(2,36)26(23)39-5)8-12-16(21(17)33)20(32)15-11(19(12)31)6-10(37-3)7-14(15)29/h6-9,18,22-24,26-27,29-30,33-34,36H,1-5H3/t9-,18-,22-,23+,24-,26+,27-,28+/m0/s1. The molecule has 1 aliphatic heterocycles.